The van der Waals surface area contributed by atoms with Crippen molar-refractivity contribution in [2.75, 3.05) is 73.6 Å². The van der Waals surface area contributed by atoms with E-state index in [4.69, 9.17) is 9.47 Å². The highest BCUT2D eigenvalue weighted by Crippen LogP contribution is 2.17. The molecule has 316 valence electrons. The molecule has 3 aromatic carbocycles. The van der Waals surface area contributed by atoms with E-state index in [0.29, 0.717) is 43.9 Å². The lowest BCUT2D eigenvalue weighted by Gasteiger charge is -2.29. The summed E-state index contributed by atoms with van der Waals surface area (Å²) >= 11 is 0. The minimum Gasteiger partial charge on any atom is -0.457 e. The minimum absolute atomic E-state index is 0.0710. The van der Waals surface area contributed by atoms with Crippen molar-refractivity contribution in [3.8, 4) is 11.8 Å². The Hall–Kier alpha value is -4.67. The van der Waals surface area contributed by atoms with Crippen LogP contribution in [-0.2, 0) is 27.2 Å². The summed E-state index contributed by atoms with van der Waals surface area (Å²) < 4.78 is 40.7. The van der Waals surface area contributed by atoms with E-state index in [0.717, 1.165) is 56.0 Å². The average Bonchev–Trinajstić information content (AvgIpc) is 3.17. The molecule has 58 heavy (non-hydrogen) atoms. The van der Waals surface area contributed by atoms with Crippen molar-refractivity contribution in [2.45, 2.75) is 78.5 Å². The average molecular weight is 804 g/mol. The topological polar surface area (TPSA) is 103 Å². The van der Waals surface area contributed by atoms with E-state index in [1.165, 1.54) is 12.1 Å². The number of carbonyl (C=O) groups excluding carboxylic acids is 3. The van der Waals surface area contributed by atoms with E-state index < -0.39 is 35.7 Å². The molecule has 0 spiro atoms. The van der Waals surface area contributed by atoms with Gasteiger partial charge < -0.3 is 34.8 Å². The fourth-order valence-corrected chi connectivity index (χ4v) is 6.32. The number of amides is 2. The van der Waals surface area contributed by atoms with Crippen LogP contribution in [0.5, 0.6) is 0 Å². The summed E-state index contributed by atoms with van der Waals surface area (Å²) in [7, 11) is 5.98. The Bertz CT molecular complexity index is 1800. The largest absolute Gasteiger partial charge is 0.457 e. The highest BCUT2D eigenvalue weighted by atomic mass is 19.1. The second-order valence-electron chi connectivity index (χ2n) is 15.0. The van der Waals surface area contributed by atoms with E-state index in [9.17, 15) is 23.2 Å². The van der Waals surface area contributed by atoms with E-state index in [1.807, 2.05) is 66.2 Å². The van der Waals surface area contributed by atoms with Crippen LogP contribution in [0.3, 0.4) is 0 Å². The molecule has 0 aliphatic carbocycles. The number of halogens is 2. The second-order valence-corrected chi connectivity index (χ2v) is 15.0. The molecule has 10 nitrogen and oxygen atoms in total. The molecule has 0 unspecified atom stereocenters. The second kappa shape index (κ2) is 25.6. The van der Waals surface area contributed by atoms with Crippen molar-refractivity contribution in [1.82, 2.24) is 25.3 Å². The molecule has 0 fully saturated rings. The van der Waals surface area contributed by atoms with Crippen molar-refractivity contribution in [3.63, 3.8) is 0 Å². The van der Waals surface area contributed by atoms with Crippen LogP contribution in [0.4, 0.5) is 8.78 Å². The first-order valence-electron chi connectivity index (χ1n) is 20.4. The Morgan fingerprint density at radius 1 is 0.810 bits per heavy atom. The van der Waals surface area contributed by atoms with Crippen LogP contribution in [0, 0.1) is 30.4 Å². The zero-order chi connectivity index (χ0) is 42.5. The Morgan fingerprint density at radius 2 is 1.52 bits per heavy atom. The fourth-order valence-electron chi connectivity index (χ4n) is 6.32. The van der Waals surface area contributed by atoms with Gasteiger partial charge in [-0.3, -0.25) is 9.59 Å². The van der Waals surface area contributed by atoms with Gasteiger partial charge in [0, 0.05) is 75.0 Å². The van der Waals surface area contributed by atoms with E-state index >= 15 is 0 Å². The lowest BCUT2D eigenvalue weighted by Crippen LogP contribution is -2.51. The van der Waals surface area contributed by atoms with Gasteiger partial charge in [0.1, 0.15) is 24.3 Å². The number of likely N-dealkylation sites (N-methyl/N-ethyl adjacent to an activating group) is 2. The van der Waals surface area contributed by atoms with Crippen LogP contribution in [0.1, 0.15) is 89.4 Å². The predicted molar refractivity (Wildman–Crippen MR) is 226 cm³/mol. The maximum absolute atomic E-state index is 14.5. The van der Waals surface area contributed by atoms with Gasteiger partial charge in [0.15, 0.2) is 0 Å². The van der Waals surface area contributed by atoms with Gasteiger partial charge in [-0.05, 0) is 113 Å². The van der Waals surface area contributed by atoms with Gasteiger partial charge in [0.2, 0.25) is 0 Å². The molecular formula is C46H63F2N5O5. The molecule has 0 heterocycles. The van der Waals surface area contributed by atoms with Crippen molar-refractivity contribution in [3.05, 3.63) is 106 Å². The number of unbranched alkanes of at least 4 members (excludes halogenated alkanes) is 1. The summed E-state index contributed by atoms with van der Waals surface area (Å²) in [6, 6.07) is 15.0. The lowest BCUT2D eigenvalue weighted by molar-refractivity contribution is -0.155. The van der Waals surface area contributed by atoms with Crippen LogP contribution in [0.25, 0.3) is 0 Å². The number of hydrogen-bond acceptors (Lipinski definition) is 8. The highest BCUT2D eigenvalue weighted by Gasteiger charge is 2.29. The zero-order valence-corrected chi connectivity index (χ0v) is 35.5. The number of esters is 1. The van der Waals surface area contributed by atoms with Crippen molar-refractivity contribution in [2.24, 2.45) is 0 Å². The van der Waals surface area contributed by atoms with Gasteiger partial charge in [-0.1, -0.05) is 44.7 Å². The number of nitrogens with one attached hydrogen (secondary N) is 2. The first-order valence-corrected chi connectivity index (χ1v) is 20.4. The summed E-state index contributed by atoms with van der Waals surface area (Å²) in [4.78, 5) is 47.1. The van der Waals surface area contributed by atoms with E-state index in [1.54, 1.807) is 23.1 Å². The maximum atomic E-state index is 14.5. The molecule has 0 saturated heterocycles. The van der Waals surface area contributed by atoms with Gasteiger partial charge in [-0.2, -0.15) is 0 Å². The molecule has 0 saturated carbocycles. The number of benzene rings is 3. The molecule has 0 aliphatic heterocycles. The molecule has 2 N–H and O–H groups in total. The van der Waals surface area contributed by atoms with Gasteiger partial charge in [0.05, 0.1) is 12.6 Å². The van der Waals surface area contributed by atoms with Crippen molar-refractivity contribution in [1.29, 1.82) is 0 Å². The molecule has 0 radical (unpaired) electrons. The first-order chi connectivity index (χ1) is 27.8. The van der Waals surface area contributed by atoms with Crippen LogP contribution < -0.4 is 10.6 Å². The quantitative estimate of drug-likeness (QED) is 0.0624. The smallest absolute Gasteiger partial charge is 0.332 e. The van der Waals surface area contributed by atoms with Crippen LogP contribution in [-0.4, -0.2) is 118 Å². The van der Waals surface area contributed by atoms with Crippen LogP contribution >= 0.6 is 0 Å². The Balaban J connectivity index is 1.92. The zero-order valence-electron chi connectivity index (χ0n) is 35.5. The van der Waals surface area contributed by atoms with Crippen molar-refractivity contribution < 1.29 is 32.6 Å². The van der Waals surface area contributed by atoms with Crippen LogP contribution in [0.15, 0.2) is 60.7 Å². The third-order valence-electron chi connectivity index (χ3n) is 9.26. The monoisotopic (exact) mass is 803 g/mol. The van der Waals surface area contributed by atoms with Gasteiger partial charge in [-0.25, -0.2) is 13.6 Å². The van der Waals surface area contributed by atoms with Gasteiger partial charge in [0.25, 0.3) is 11.8 Å². The SMILES string of the molecule is CCCC#Cc1cccc(CNC[C@@H](OC(=O)COCCN(C)CCN(C)C)[C@H](Cc2cc(F)cc(F)c2)NC(=O)c2cc(C)cc(C(=O)N(CCC)CCC)c2)c1. The van der Waals surface area contributed by atoms with Gasteiger partial charge >= 0.3 is 5.97 Å². The van der Waals surface area contributed by atoms with Crippen LogP contribution in [0.2, 0.25) is 0 Å². The minimum atomic E-state index is -1.00. The fraction of sp³-hybridized carbons (Fsp3) is 0.500. The molecule has 2 amide bonds. The third-order valence-corrected chi connectivity index (χ3v) is 9.26. The molecule has 3 aromatic rings. The molecular weight excluding hydrogens is 741 g/mol. The third kappa shape index (κ3) is 17.4. The Kier molecular flexibility index (Phi) is 21.1. The lowest BCUT2D eigenvalue weighted by atomic mass is 9.99. The number of carbonyl (C=O) groups is 3. The normalized spacial score (nSPS) is 12.2. The Morgan fingerprint density at radius 3 is 2.19 bits per heavy atom. The number of nitrogens with zero attached hydrogens (tertiary/aromatic N) is 3. The summed E-state index contributed by atoms with van der Waals surface area (Å²) in [5, 5.41) is 6.35. The summed E-state index contributed by atoms with van der Waals surface area (Å²) in [6.07, 6.45) is 2.27. The number of ether oxygens (including phenoxy) is 2. The first kappa shape index (κ1) is 47.7. The van der Waals surface area contributed by atoms with Gasteiger partial charge in [-0.15, -0.1) is 0 Å². The summed E-state index contributed by atoms with van der Waals surface area (Å²) in [5.41, 5.74) is 3.40. The number of aryl methyl sites for hydroxylation is 1. The standard InChI is InChI=1S/C46H63F2N5O5/c1-8-11-12-14-35-15-13-16-36(25-35)31-49-32-43(58-44(54)33-57-22-21-52(7)20-19-51(5)6)42(28-37-26-40(47)30-41(48)27-37)50-45(55)38-23-34(4)24-39(29-38)46(56)53(17-9-2)18-10-3/h13,15-16,23-27,29-30,42-43,49H,8-11,17-22,28,31-33H2,1-7H3,(H,50,55)/t42-,43+/m0/s1. The molecule has 2 atom stereocenters. The van der Waals surface area contributed by atoms with E-state index in [2.05, 4.69) is 39.2 Å². The Labute approximate surface area is 344 Å². The predicted octanol–water partition coefficient (Wildman–Crippen LogP) is 6.24. The molecule has 3 rings (SSSR count). The number of hydrogen-bond donors (Lipinski definition) is 2. The molecule has 12 heteroatoms. The highest BCUT2D eigenvalue weighted by molar-refractivity contribution is 6.00. The van der Waals surface area contributed by atoms with E-state index in [-0.39, 0.29) is 36.6 Å². The summed E-state index contributed by atoms with van der Waals surface area (Å²) in [5.74, 6) is 3.43. The summed E-state index contributed by atoms with van der Waals surface area (Å²) in [6.45, 7) is 11.8. The maximum Gasteiger partial charge on any atom is 0.332 e. The molecule has 0 bridgehead atoms. The van der Waals surface area contributed by atoms with Crippen molar-refractivity contribution >= 4 is 17.8 Å². The number of rotatable bonds is 24. The molecule has 0 aliphatic rings. The molecule has 0 aromatic heterocycles.